The van der Waals surface area contributed by atoms with Gasteiger partial charge in [0.25, 0.3) is 4.92 Å². The molecular formula is C19H12F3N6O5S+. The molecule has 11 nitrogen and oxygen atoms in total. The third kappa shape index (κ3) is 4.78. The van der Waals surface area contributed by atoms with Gasteiger partial charge in [0.15, 0.2) is 5.82 Å². The molecule has 0 fully saturated rings. The van der Waals surface area contributed by atoms with Gasteiger partial charge in [-0.05, 0) is 24.3 Å². The van der Waals surface area contributed by atoms with Crippen LogP contribution in [0.3, 0.4) is 0 Å². The number of alkyl halides is 3. The van der Waals surface area contributed by atoms with Crippen LogP contribution in [0.4, 0.5) is 35.0 Å². The Hall–Kier alpha value is -4.53. The van der Waals surface area contributed by atoms with Crippen molar-refractivity contribution in [1.29, 1.82) is 0 Å². The van der Waals surface area contributed by atoms with E-state index < -0.39 is 18.2 Å². The van der Waals surface area contributed by atoms with E-state index in [4.69, 9.17) is 5.21 Å². The lowest BCUT2D eigenvalue weighted by Gasteiger charge is -2.11. The number of amides is 2. The number of carbonyl (C=O) groups excluding carboxylic acids is 2. The van der Waals surface area contributed by atoms with Crippen LogP contribution in [-0.4, -0.2) is 43.0 Å². The van der Waals surface area contributed by atoms with Gasteiger partial charge in [-0.15, -0.1) is 11.3 Å². The van der Waals surface area contributed by atoms with E-state index in [2.05, 4.69) is 25.4 Å². The molecule has 0 saturated carbocycles. The van der Waals surface area contributed by atoms with Crippen LogP contribution in [0.2, 0.25) is 0 Å². The first kappa shape index (κ1) is 22.7. The molecule has 0 radical (unpaired) electrons. The molecule has 15 heteroatoms. The predicted molar refractivity (Wildman–Crippen MR) is 113 cm³/mol. The molecule has 2 amide bonds. The number of aromatic nitrogens is 3. The number of nitrogens with one attached hydrogen (secondary N) is 2. The first-order valence-corrected chi connectivity index (χ1v) is 10.1. The molecule has 2 aromatic heterocycles. The maximum absolute atomic E-state index is 12.8. The number of urea groups is 1. The first-order chi connectivity index (χ1) is 16.1. The van der Waals surface area contributed by atoms with E-state index in [1.54, 1.807) is 0 Å². The summed E-state index contributed by atoms with van der Waals surface area (Å²) in [4.78, 5) is 47.2. The lowest BCUT2D eigenvalue weighted by atomic mass is 10.2. The maximum Gasteiger partial charge on any atom is 0.493 e. The van der Waals surface area contributed by atoms with Gasteiger partial charge in [0, 0.05) is 28.9 Å². The van der Waals surface area contributed by atoms with Gasteiger partial charge >= 0.3 is 23.9 Å². The molecule has 0 aliphatic heterocycles. The Morgan fingerprint density at radius 2 is 1.85 bits per heavy atom. The number of rotatable bonds is 5. The lowest BCUT2D eigenvalue weighted by molar-refractivity contribution is -0.729. The summed E-state index contributed by atoms with van der Waals surface area (Å²) >= 11 is 1.16. The van der Waals surface area contributed by atoms with Crippen molar-refractivity contribution in [3.8, 4) is 11.5 Å². The molecule has 2 aromatic carbocycles. The summed E-state index contributed by atoms with van der Waals surface area (Å²) < 4.78 is 39.1. The van der Waals surface area contributed by atoms with Gasteiger partial charge in [-0.3, -0.25) is 0 Å². The van der Waals surface area contributed by atoms with Crippen LogP contribution in [-0.2, 0) is 4.79 Å². The molecule has 174 valence electrons. The van der Waals surface area contributed by atoms with Gasteiger partial charge in [0.2, 0.25) is 0 Å². The van der Waals surface area contributed by atoms with Gasteiger partial charge in [-0.25, -0.2) is 24.8 Å². The Bertz CT molecular complexity index is 1400. The largest absolute Gasteiger partial charge is 0.493 e. The molecule has 4 aromatic rings. The standard InChI is InChI=1S/C19H11F3N6O5S/c20-19(21,22)17(29)33-27-15-7-11(4-5-13(15)26-16(27)14-8-34-9-23-14)25-18(30)24-10-2-1-3-12(6-10)28(31)32/h1-9H,(H2-,24,25,30,31,32)/p+1. The first-order valence-electron chi connectivity index (χ1n) is 9.16. The fraction of sp³-hybridized carbons (Fsp3) is 0.0526. The molecule has 0 saturated heterocycles. The number of carbonyl (C=O) groups is 2. The van der Waals surface area contributed by atoms with Gasteiger partial charge < -0.3 is 15.5 Å². The highest BCUT2D eigenvalue weighted by molar-refractivity contribution is 7.07. The summed E-state index contributed by atoms with van der Waals surface area (Å²) in [5, 5.41) is 15.4. The van der Waals surface area contributed by atoms with Crippen molar-refractivity contribution in [1.82, 2.24) is 14.7 Å². The highest BCUT2D eigenvalue weighted by Gasteiger charge is 2.42. The van der Waals surface area contributed by atoms with Gasteiger partial charge in [-0.1, -0.05) is 6.07 Å². The van der Waals surface area contributed by atoms with Crippen LogP contribution in [0, 0.1) is 4.91 Å². The molecule has 0 atom stereocenters. The zero-order valence-corrected chi connectivity index (χ0v) is 17.4. The van der Waals surface area contributed by atoms with E-state index in [1.807, 2.05) is 0 Å². The normalized spacial score (nSPS) is 11.3. The second-order valence-electron chi connectivity index (χ2n) is 6.59. The van der Waals surface area contributed by atoms with Crippen LogP contribution in [0.25, 0.3) is 22.6 Å². The average Bonchev–Trinajstić information content (AvgIpc) is 3.41. The Morgan fingerprint density at radius 1 is 1.12 bits per heavy atom. The van der Waals surface area contributed by atoms with E-state index in [1.165, 1.54) is 53.4 Å². The third-order valence-corrected chi connectivity index (χ3v) is 4.85. The maximum atomic E-state index is 12.8. The van der Waals surface area contributed by atoms with E-state index in [0.29, 0.717) is 4.73 Å². The van der Waals surface area contributed by atoms with Crippen LogP contribution in [0.5, 0.6) is 0 Å². The summed E-state index contributed by atoms with van der Waals surface area (Å²) in [5.41, 5.74) is 1.94. The van der Waals surface area contributed by atoms with Crippen molar-refractivity contribution in [2.75, 3.05) is 10.6 Å². The monoisotopic (exact) mass is 493 g/mol. The van der Waals surface area contributed by atoms with Crippen LogP contribution in [0.1, 0.15) is 0 Å². The minimum Gasteiger partial charge on any atom is -0.326 e. The molecule has 4 rings (SSSR count). The summed E-state index contributed by atoms with van der Waals surface area (Å²) in [7, 11) is 0. The zero-order chi connectivity index (χ0) is 24.5. The van der Waals surface area contributed by atoms with Crippen molar-refractivity contribution < 1.29 is 37.7 Å². The second kappa shape index (κ2) is 8.78. The molecule has 0 bridgehead atoms. The predicted octanol–water partition coefficient (Wildman–Crippen LogP) is 4.12. The molecule has 0 aliphatic carbocycles. The van der Waals surface area contributed by atoms with E-state index in [9.17, 15) is 27.7 Å². The molecule has 0 aliphatic rings. The summed E-state index contributed by atoms with van der Waals surface area (Å²) in [5.74, 6) is -2.60. The SMILES string of the molecule is O=C(Nc1cccc([N+](=O)O)c1)Nc1ccc2nc(-c3cscn3)n(OC(=O)C(F)(F)F)c2c1. The Labute approximate surface area is 190 Å². The lowest BCUT2D eigenvalue weighted by Crippen LogP contribution is -2.33. The van der Waals surface area contributed by atoms with Gasteiger partial charge in [0.1, 0.15) is 11.2 Å². The highest BCUT2D eigenvalue weighted by atomic mass is 32.1. The van der Waals surface area contributed by atoms with E-state index in [-0.39, 0.29) is 44.5 Å². The second-order valence-corrected chi connectivity index (χ2v) is 7.30. The molecule has 2 heterocycles. The Balaban J connectivity index is 1.64. The van der Waals surface area contributed by atoms with Crippen LogP contribution in [0.15, 0.2) is 53.4 Å². The number of anilines is 2. The van der Waals surface area contributed by atoms with Crippen LogP contribution >= 0.6 is 11.3 Å². The highest BCUT2D eigenvalue weighted by Crippen LogP contribution is 2.27. The van der Waals surface area contributed by atoms with Crippen molar-refractivity contribution in [2.45, 2.75) is 6.18 Å². The number of imidazole rings is 1. The summed E-state index contributed by atoms with van der Waals surface area (Å²) in [6.45, 7) is 0. The van der Waals surface area contributed by atoms with Crippen LogP contribution < -0.4 is 15.5 Å². The van der Waals surface area contributed by atoms with Crippen molar-refractivity contribution in [2.24, 2.45) is 0 Å². The van der Waals surface area contributed by atoms with Crippen molar-refractivity contribution in [3.05, 3.63) is 58.3 Å². The molecule has 3 N–H and O–H groups in total. The smallest absolute Gasteiger partial charge is 0.326 e. The molecular weight excluding hydrogens is 481 g/mol. The van der Waals surface area contributed by atoms with Crippen molar-refractivity contribution in [3.63, 3.8) is 0 Å². The van der Waals surface area contributed by atoms with Gasteiger partial charge in [0.05, 0.1) is 15.9 Å². The number of hydrogen-bond donors (Lipinski definition) is 3. The third-order valence-electron chi connectivity index (χ3n) is 4.26. The minimum atomic E-state index is -5.26. The number of fused-ring (bicyclic) bond motifs is 1. The number of halogens is 3. The summed E-state index contributed by atoms with van der Waals surface area (Å²) in [6, 6.07) is 8.73. The van der Waals surface area contributed by atoms with E-state index >= 15 is 0 Å². The Morgan fingerprint density at radius 3 is 2.50 bits per heavy atom. The molecule has 0 unspecified atom stereocenters. The topological polar surface area (TPSA) is 138 Å². The minimum absolute atomic E-state index is 0.0392. The fourth-order valence-corrected chi connectivity index (χ4v) is 3.37. The average molecular weight is 493 g/mol. The molecule has 34 heavy (non-hydrogen) atoms. The van der Waals surface area contributed by atoms with E-state index in [0.717, 1.165) is 11.3 Å². The Kier molecular flexibility index (Phi) is 5.85. The zero-order valence-electron chi connectivity index (χ0n) is 16.6. The molecule has 0 spiro atoms. The number of nitrogens with zero attached hydrogens (tertiary/aromatic N) is 4. The fourth-order valence-electron chi connectivity index (χ4n) is 2.84. The summed E-state index contributed by atoms with van der Waals surface area (Å²) in [6.07, 6.45) is -5.26. The van der Waals surface area contributed by atoms with Crippen molar-refractivity contribution >= 4 is 51.4 Å². The number of hydrogen-bond acceptors (Lipinski definition) is 7. The quantitative estimate of drug-likeness (QED) is 0.356. The number of thiazole rings is 1. The van der Waals surface area contributed by atoms with Gasteiger partial charge in [-0.2, -0.15) is 17.9 Å². The number of benzene rings is 2.